The van der Waals surface area contributed by atoms with Crippen LogP contribution in [0.3, 0.4) is 0 Å². The summed E-state index contributed by atoms with van der Waals surface area (Å²) in [6.07, 6.45) is 3.45. The molecular weight excluding hydrogens is 188 g/mol. The lowest BCUT2D eigenvalue weighted by atomic mass is 10.2. The average molecular weight is 199 g/mol. The molecule has 13 heavy (non-hydrogen) atoms. The van der Waals surface area contributed by atoms with Gasteiger partial charge < -0.3 is 9.84 Å². The number of aliphatic hydroxyl groups is 1. The van der Waals surface area contributed by atoms with Crippen LogP contribution >= 0.6 is 11.6 Å². The lowest BCUT2D eigenvalue weighted by Crippen LogP contribution is -1.84. The van der Waals surface area contributed by atoms with Gasteiger partial charge in [-0.3, -0.25) is 0 Å². The quantitative estimate of drug-likeness (QED) is 0.808. The first-order valence-electron chi connectivity index (χ1n) is 3.89. The van der Waals surface area contributed by atoms with E-state index in [1.54, 1.807) is 31.4 Å². The Kier molecular flexibility index (Phi) is 3.80. The highest BCUT2D eigenvalue weighted by atomic mass is 35.5. The Labute approximate surface area is 82.4 Å². The first-order chi connectivity index (χ1) is 6.27. The van der Waals surface area contributed by atoms with Gasteiger partial charge in [-0.15, -0.1) is 0 Å². The standard InChI is InChI=1S/C10H11ClO2/c1-13-10-5-4-8(3-2-6-12)7-9(10)11/h2-5,7,12H,6H2,1H3. The third kappa shape index (κ3) is 2.76. The van der Waals surface area contributed by atoms with E-state index in [0.29, 0.717) is 10.8 Å². The van der Waals surface area contributed by atoms with Crippen molar-refractivity contribution in [2.75, 3.05) is 13.7 Å². The van der Waals surface area contributed by atoms with Crippen LogP contribution in [0.15, 0.2) is 24.3 Å². The maximum atomic E-state index is 8.55. The number of methoxy groups -OCH3 is 1. The van der Waals surface area contributed by atoms with Gasteiger partial charge in [0.2, 0.25) is 0 Å². The third-order valence-corrected chi connectivity index (χ3v) is 1.89. The van der Waals surface area contributed by atoms with E-state index in [2.05, 4.69) is 0 Å². The second kappa shape index (κ2) is 4.90. The lowest BCUT2D eigenvalue weighted by molar-refractivity contribution is 0.343. The zero-order valence-corrected chi connectivity index (χ0v) is 8.08. The van der Waals surface area contributed by atoms with Crippen LogP contribution in [0.25, 0.3) is 6.08 Å². The summed E-state index contributed by atoms with van der Waals surface area (Å²) in [6.45, 7) is 0.0314. The molecule has 0 aliphatic rings. The molecule has 3 heteroatoms. The predicted octanol–water partition coefficient (Wildman–Crippen LogP) is 2.35. The van der Waals surface area contributed by atoms with Crippen molar-refractivity contribution in [2.45, 2.75) is 0 Å². The molecule has 0 amide bonds. The van der Waals surface area contributed by atoms with Crippen molar-refractivity contribution in [1.29, 1.82) is 0 Å². The van der Waals surface area contributed by atoms with Gasteiger partial charge in [0, 0.05) is 0 Å². The molecule has 0 aliphatic carbocycles. The highest BCUT2D eigenvalue weighted by Gasteiger charge is 1.98. The molecule has 1 aromatic rings. The van der Waals surface area contributed by atoms with Gasteiger partial charge in [0.05, 0.1) is 18.7 Å². The number of rotatable bonds is 3. The van der Waals surface area contributed by atoms with E-state index >= 15 is 0 Å². The highest BCUT2D eigenvalue weighted by Crippen LogP contribution is 2.25. The summed E-state index contributed by atoms with van der Waals surface area (Å²) < 4.78 is 5.00. The van der Waals surface area contributed by atoms with E-state index in [1.165, 1.54) is 0 Å². The van der Waals surface area contributed by atoms with Crippen LogP contribution in [-0.4, -0.2) is 18.8 Å². The molecule has 2 nitrogen and oxygen atoms in total. The second-order valence-corrected chi connectivity index (χ2v) is 2.89. The van der Waals surface area contributed by atoms with Crippen LogP contribution in [0.1, 0.15) is 5.56 Å². The van der Waals surface area contributed by atoms with Crippen LogP contribution < -0.4 is 4.74 Å². The molecule has 1 rings (SSSR count). The van der Waals surface area contributed by atoms with E-state index in [0.717, 1.165) is 5.56 Å². The second-order valence-electron chi connectivity index (χ2n) is 2.48. The average Bonchev–Trinajstić information content (AvgIpc) is 2.15. The van der Waals surface area contributed by atoms with Crippen molar-refractivity contribution in [1.82, 2.24) is 0 Å². The summed E-state index contributed by atoms with van der Waals surface area (Å²) in [5.74, 6) is 0.655. The maximum Gasteiger partial charge on any atom is 0.137 e. The molecule has 0 unspecified atom stereocenters. The molecule has 0 aromatic heterocycles. The Hall–Kier alpha value is -0.990. The molecular formula is C10H11ClO2. The van der Waals surface area contributed by atoms with Gasteiger partial charge in [-0.1, -0.05) is 29.8 Å². The number of ether oxygens (including phenoxy) is 1. The largest absolute Gasteiger partial charge is 0.495 e. The van der Waals surface area contributed by atoms with Crippen LogP contribution in [-0.2, 0) is 0 Å². The van der Waals surface area contributed by atoms with Crippen molar-refractivity contribution >= 4 is 17.7 Å². The van der Waals surface area contributed by atoms with Gasteiger partial charge in [0.1, 0.15) is 5.75 Å². The Morgan fingerprint density at radius 2 is 2.31 bits per heavy atom. The highest BCUT2D eigenvalue weighted by molar-refractivity contribution is 6.32. The molecule has 0 atom stereocenters. The molecule has 1 aromatic carbocycles. The first-order valence-corrected chi connectivity index (χ1v) is 4.26. The summed E-state index contributed by atoms with van der Waals surface area (Å²) in [5, 5.41) is 9.12. The zero-order valence-electron chi connectivity index (χ0n) is 7.33. The lowest BCUT2D eigenvalue weighted by Gasteiger charge is -2.02. The van der Waals surface area contributed by atoms with Crippen LogP contribution in [0, 0.1) is 0 Å². The van der Waals surface area contributed by atoms with Gasteiger partial charge in [0.15, 0.2) is 0 Å². The van der Waals surface area contributed by atoms with Gasteiger partial charge in [-0.05, 0) is 17.7 Å². The van der Waals surface area contributed by atoms with Crippen molar-refractivity contribution in [3.63, 3.8) is 0 Å². The molecule has 1 N–H and O–H groups in total. The predicted molar refractivity (Wildman–Crippen MR) is 54.1 cm³/mol. The number of halogens is 1. The van der Waals surface area contributed by atoms with Crippen LogP contribution in [0.5, 0.6) is 5.75 Å². The monoisotopic (exact) mass is 198 g/mol. The minimum atomic E-state index is 0.0314. The minimum Gasteiger partial charge on any atom is -0.495 e. The first kappa shape index (κ1) is 10.1. The van der Waals surface area contributed by atoms with Gasteiger partial charge in [-0.25, -0.2) is 0 Å². The Balaban J connectivity index is 2.89. The molecule has 0 radical (unpaired) electrons. The Morgan fingerprint density at radius 3 is 2.85 bits per heavy atom. The summed E-state index contributed by atoms with van der Waals surface area (Å²) in [4.78, 5) is 0. The fourth-order valence-corrected chi connectivity index (χ4v) is 1.24. The molecule has 0 saturated heterocycles. The van der Waals surface area contributed by atoms with Gasteiger partial charge in [0.25, 0.3) is 0 Å². The van der Waals surface area contributed by atoms with E-state index in [4.69, 9.17) is 21.4 Å². The molecule has 0 bridgehead atoms. The molecule has 0 spiro atoms. The normalized spacial score (nSPS) is 10.7. The Bertz CT molecular complexity index is 308. The van der Waals surface area contributed by atoms with Crippen LogP contribution in [0.2, 0.25) is 5.02 Å². The molecule has 0 saturated carbocycles. The maximum absolute atomic E-state index is 8.55. The van der Waals surface area contributed by atoms with E-state index in [1.807, 2.05) is 6.07 Å². The fraction of sp³-hybridized carbons (Fsp3) is 0.200. The summed E-state index contributed by atoms with van der Waals surface area (Å²) in [5.41, 5.74) is 0.944. The SMILES string of the molecule is COc1ccc(C=CCO)cc1Cl. The van der Waals surface area contributed by atoms with Crippen molar-refractivity contribution in [3.8, 4) is 5.75 Å². The fourth-order valence-electron chi connectivity index (χ4n) is 0.975. The molecule has 70 valence electrons. The third-order valence-electron chi connectivity index (χ3n) is 1.59. The Morgan fingerprint density at radius 1 is 1.54 bits per heavy atom. The molecule has 0 heterocycles. The van der Waals surface area contributed by atoms with Crippen molar-refractivity contribution < 1.29 is 9.84 Å². The summed E-state index contributed by atoms with van der Waals surface area (Å²) in [6, 6.07) is 5.45. The number of aliphatic hydroxyl groups excluding tert-OH is 1. The number of hydrogen-bond acceptors (Lipinski definition) is 2. The number of hydrogen-bond donors (Lipinski definition) is 1. The summed E-state index contributed by atoms with van der Waals surface area (Å²) >= 11 is 5.89. The summed E-state index contributed by atoms with van der Waals surface area (Å²) in [7, 11) is 1.57. The van der Waals surface area contributed by atoms with E-state index in [9.17, 15) is 0 Å². The van der Waals surface area contributed by atoms with E-state index < -0.39 is 0 Å². The van der Waals surface area contributed by atoms with E-state index in [-0.39, 0.29) is 6.61 Å². The topological polar surface area (TPSA) is 29.5 Å². The van der Waals surface area contributed by atoms with Gasteiger partial charge >= 0.3 is 0 Å². The number of benzene rings is 1. The molecule has 0 aliphatic heterocycles. The zero-order chi connectivity index (χ0) is 9.68. The smallest absolute Gasteiger partial charge is 0.137 e. The minimum absolute atomic E-state index is 0.0314. The van der Waals surface area contributed by atoms with Gasteiger partial charge in [-0.2, -0.15) is 0 Å². The van der Waals surface area contributed by atoms with Crippen molar-refractivity contribution in [2.24, 2.45) is 0 Å². The van der Waals surface area contributed by atoms with Crippen LogP contribution in [0.4, 0.5) is 0 Å². The van der Waals surface area contributed by atoms with Crippen molar-refractivity contribution in [3.05, 3.63) is 34.9 Å². The molecule has 0 fully saturated rings.